The highest BCUT2D eigenvalue weighted by Crippen LogP contribution is 2.38. The zero-order valence-electron chi connectivity index (χ0n) is 15.3. The Kier molecular flexibility index (Phi) is 5.12. The fourth-order valence-electron chi connectivity index (χ4n) is 2.97. The largest absolute Gasteiger partial charge is 0.382 e. The first-order valence-corrected chi connectivity index (χ1v) is 9.41. The Morgan fingerprint density at radius 3 is 2.62 bits per heavy atom. The van der Waals surface area contributed by atoms with E-state index in [9.17, 15) is 5.11 Å². The fourth-order valence-corrected chi connectivity index (χ4v) is 3.52. The second-order valence-electron chi connectivity index (χ2n) is 6.30. The van der Waals surface area contributed by atoms with E-state index in [1.165, 1.54) is 10.8 Å². The van der Waals surface area contributed by atoms with Gasteiger partial charge < -0.3 is 10.8 Å². The molecule has 144 valence electrons. The number of nitrogens with two attached hydrogens (primary N) is 1. The van der Waals surface area contributed by atoms with Crippen LogP contribution >= 0.6 is 23.2 Å². The highest BCUT2D eigenvalue weighted by atomic mass is 35.5. The monoisotopic (exact) mass is 423 g/mol. The van der Waals surface area contributed by atoms with Crippen LogP contribution < -0.4 is 5.73 Å². The van der Waals surface area contributed by atoms with E-state index in [4.69, 9.17) is 28.9 Å². The van der Waals surface area contributed by atoms with E-state index >= 15 is 0 Å². The van der Waals surface area contributed by atoms with Crippen LogP contribution in [0.3, 0.4) is 0 Å². The summed E-state index contributed by atoms with van der Waals surface area (Å²) in [6, 6.07) is 13.2. The molecule has 29 heavy (non-hydrogen) atoms. The number of aromatic nitrogens is 4. The molecule has 8 heteroatoms. The van der Waals surface area contributed by atoms with Gasteiger partial charge in [-0.25, -0.2) is 4.98 Å². The van der Waals surface area contributed by atoms with Gasteiger partial charge in [-0.1, -0.05) is 77.5 Å². The average molecular weight is 424 g/mol. The van der Waals surface area contributed by atoms with Crippen molar-refractivity contribution in [2.24, 2.45) is 0 Å². The lowest BCUT2D eigenvalue weighted by Gasteiger charge is -2.12. The second-order valence-corrected chi connectivity index (χ2v) is 7.05. The predicted octanol–water partition coefficient (Wildman–Crippen LogP) is 4.07. The molecule has 0 aliphatic heterocycles. The lowest BCUT2D eigenvalue weighted by Crippen LogP contribution is -2.06. The van der Waals surface area contributed by atoms with E-state index in [0.29, 0.717) is 33.4 Å². The molecule has 0 aliphatic carbocycles. The molecule has 0 radical (unpaired) electrons. The number of hydrogen-bond donors (Lipinski definition) is 2. The number of aliphatic hydroxyl groups is 1. The van der Waals surface area contributed by atoms with Crippen molar-refractivity contribution in [2.75, 3.05) is 5.73 Å². The zero-order chi connectivity index (χ0) is 20.5. The molecular weight excluding hydrogens is 409 g/mol. The summed E-state index contributed by atoms with van der Waals surface area (Å²) in [7, 11) is 0. The van der Waals surface area contributed by atoms with Gasteiger partial charge in [0.15, 0.2) is 0 Å². The molecule has 0 saturated heterocycles. The van der Waals surface area contributed by atoms with Crippen LogP contribution in [0.2, 0.25) is 10.0 Å². The van der Waals surface area contributed by atoms with Crippen molar-refractivity contribution < 1.29 is 5.11 Å². The molecule has 0 amide bonds. The maximum Gasteiger partial charge on any atom is 0.254 e. The van der Waals surface area contributed by atoms with Crippen LogP contribution in [0.5, 0.6) is 0 Å². The van der Waals surface area contributed by atoms with Crippen LogP contribution in [0.25, 0.3) is 16.9 Å². The summed E-state index contributed by atoms with van der Waals surface area (Å²) in [5, 5.41) is 15.2. The van der Waals surface area contributed by atoms with E-state index in [0.717, 1.165) is 11.1 Å². The summed E-state index contributed by atoms with van der Waals surface area (Å²) in [6.45, 7) is 1.76. The molecule has 4 aromatic rings. The summed E-state index contributed by atoms with van der Waals surface area (Å²) >= 11 is 12.9. The van der Waals surface area contributed by atoms with Crippen molar-refractivity contribution in [1.82, 2.24) is 19.6 Å². The molecule has 0 saturated carbocycles. The van der Waals surface area contributed by atoms with Crippen LogP contribution in [-0.2, 0) is 0 Å². The van der Waals surface area contributed by atoms with E-state index < -0.39 is 6.10 Å². The number of nitrogens with zero attached hydrogens (tertiary/aromatic N) is 4. The Bertz CT molecular complexity index is 1280. The third-order valence-corrected chi connectivity index (χ3v) is 5.37. The van der Waals surface area contributed by atoms with Gasteiger partial charge in [-0.05, 0) is 12.5 Å². The molecule has 0 spiro atoms. The van der Waals surface area contributed by atoms with Crippen molar-refractivity contribution >= 4 is 34.8 Å². The number of anilines is 1. The van der Waals surface area contributed by atoms with Crippen molar-refractivity contribution in [2.45, 2.75) is 13.0 Å². The van der Waals surface area contributed by atoms with Crippen LogP contribution in [0.4, 0.5) is 5.82 Å². The van der Waals surface area contributed by atoms with Gasteiger partial charge in [0.05, 0.1) is 21.3 Å². The predicted molar refractivity (Wildman–Crippen MR) is 114 cm³/mol. The van der Waals surface area contributed by atoms with E-state index in [1.807, 2.05) is 36.4 Å². The molecule has 3 N–H and O–H groups in total. The Morgan fingerprint density at radius 1 is 1.10 bits per heavy atom. The van der Waals surface area contributed by atoms with Crippen LogP contribution in [0.15, 0.2) is 48.8 Å². The van der Waals surface area contributed by atoms with Gasteiger partial charge in [0, 0.05) is 11.1 Å². The van der Waals surface area contributed by atoms with Gasteiger partial charge in [0.2, 0.25) is 0 Å². The lowest BCUT2D eigenvalue weighted by atomic mass is 10.0. The van der Waals surface area contributed by atoms with Crippen LogP contribution in [0.1, 0.15) is 22.9 Å². The van der Waals surface area contributed by atoms with Crippen molar-refractivity contribution in [1.29, 1.82) is 0 Å². The van der Waals surface area contributed by atoms with Crippen molar-refractivity contribution in [3.8, 4) is 23.0 Å². The number of benzene rings is 2. The number of rotatable bonds is 2. The zero-order valence-corrected chi connectivity index (χ0v) is 16.8. The Labute approximate surface area is 176 Å². The number of aliphatic hydroxyl groups excluding tert-OH is 1. The molecule has 1 unspecified atom stereocenters. The first-order valence-electron chi connectivity index (χ1n) is 8.66. The second kappa shape index (κ2) is 7.72. The Morgan fingerprint density at radius 2 is 1.86 bits per heavy atom. The molecule has 0 aliphatic rings. The summed E-state index contributed by atoms with van der Waals surface area (Å²) < 4.78 is 1.39. The first kappa shape index (κ1) is 19.2. The molecule has 0 bridgehead atoms. The van der Waals surface area contributed by atoms with Crippen LogP contribution in [0, 0.1) is 18.8 Å². The van der Waals surface area contributed by atoms with E-state index in [2.05, 4.69) is 26.9 Å². The maximum absolute atomic E-state index is 10.6. The number of hydrogen-bond acceptors (Lipinski definition) is 5. The Balaban J connectivity index is 1.70. The van der Waals surface area contributed by atoms with Gasteiger partial charge in [0.1, 0.15) is 18.2 Å². The third kappa shape index (κ3) is 3.52. The summed E-state index contributed by atoms with van der Waals surface area (Å²) in [4.78, 5) is 8.31. The van der Waals surface area contributed by atoms with Crippen molar-refractivity contribution in [3.05, 3.63) is 75.7 Å². The van der Waals surface area contributed by atoms with E-state index in [-0.39, 0.29) is 5.02 Å². The summed E-state index contributed by atoms with van der Waals surface area (Å²) in [5.41, 5.74) is 9.29. The van der Waals surface area contributed by atoms with Crippen molar-refractivity contribution in [3.63, 3.8) is 0 Å². The van der Waals surface area contributed by atoms with Gasteiger partial charge in [-0.3, -0.25) is 0 Å². The topological polar surface area (TPSA) is 89.3 Å². The molecule has 2 aromatic heterocycles. The smallest absolute Gasteiger partial charge is 0.254 e. The number of nitrogen functional groups attached to an aromatic ring is 1. The molecule has 0 fully saturated rings. The summed E-state index contributed by atoms with van der Waals surface area (Å²) in [5.74, 6) is 6.32. The third-order valence-electron chi connectivity index (χ3n) is 4.47. The minimum atomic E-state index is -1.16. The van der Waals surface area contributed by atoms with Gasteiger partial charge in [0.25, 0.3) is 5.78 Å². The number of halogens is 2. The number of aryl methyl sites for hydroxylation is 1. The van der Waals surface area contributed by atoms with Crippen LogP contribution in [-0.4, -0.2) is 24.7 Å². The van der Waals surface area contributed by atoms with Gasteiger partial charge >= 0.3 is 0 Å². The number of fused-ring (bicyclic) bond motifs is 1. The first-order chi connectivity index (χ1) is 14.0. The maximum atomic E-state index is 10.6. The normalized spacial score (nSPS) is 11.9. The molecule has 2 aromatic carbocycles. The molecular formula is C21H15Cl2N5O. The standard InChI is InChI=1S/C21H15Cl2N5O/c1-12-14(20(24)28-21(27-12)25-11-26-28)9-10-17(29)16-8-7-15(18(22)19(16)23)13-5-3-2-4-6-13/h2-8,11,17,29H,24H2,1H3. The average Bonchev–Trinajstić information content (AvgIpc) is 3.19. The minimum absolute atomic E-state index is 0.254. The van der Waals surface area contributed by atoms with E-state index in [1.54, 1.807) is 13.0 Å². The molecule has 2 heterocycles. The molecule has 1 atom stereocenters. The minimum Gasteiger partial charge on any atom is -0.382 e. The highest BCUT2D eigenvalue weighted by Gasteiger charge is 2.16. The van der Waals surface area contributed by atoms with Gasteiger partial charge in [-0.15, -0.1) is 0 Å². The SMILES string of the molecule is Cc1nc2ncnn2c(N)c1C#CC(O)c1ccc(-c2ccccc2)c(Cl)c1Cl. The quantitative estimate of drug-likeness (QED) is 0.474. The summed E-state index contributed by atoms with van der Waals surface area (Å²) in [6.07, 6.45) is 0.204. The molecule has 4 rings (SSSR count). The molecule has 6 nitrogen and oxygen atoms in total. The lowest BCUT2D eigenvalue weighted by molar-refractivity contribution is 0.238. The Hall–Kier alpha value is -3.11. The fraction of sp³-hybridized carbons (Fsp3) is 0.0952. The highest BCUT2D eigenvalue weighted by molar-refractivity contribution is 6.44. The van der Waals surface area contributed by atoms with Gasteiger partial charge in [-0.2, -0.15) is 14.6 Å².